The number of carboxylic acids is 1. The number of benzene rings is 1. The fourth-order valence-electron chi connectivity index (χ4n) is 1.90. The molecule has 1 fully saturated rings. The van der Waals surface area contributed by atoms with Crippen LogP contribution in [0.25, 0.3) is 0 Å². The van der Waals surface area contributed by atoms with Gasteiger partial charge in [-0.1, -0.05) is 0 Å². The van der Waals surface area contributed by atoms with Gasteiger partial charge in [0.25, 0.3) is 0 Å². The number of nitrogens with zero attached hydrogens (tertiary/aromatic N) is 1. The highest BCUT2D eigenvalue weighted by atomic mass is 79.9. The van der Waals surface area contributed by atoms with E-state index >= 15 is 0 Å². The van der Waals surface area contributed by atoms with Gasteiger partial charge in [0.1, 0.15) is 5.82 Å². The Balaban J connectivity index is 1.87. The summed E-state index contributed by atoms with van der Waals surface area (Å²) in [6, 6.07) is 3.67. The van der Waals surface area contributed by atoms with E-state index in [-0.39, 0.29) is 18.4 Å². The first kappa shape index (κ1) is 13.8. The normalized spacial score (nSPS) is 14.9. The SMILES string of the molecule is O=C(O)CC1CN(C(=O)Nc2ccc(F)cc2Br)C1. The molecule has 2 N–H and O–H groups in total. The van der Waals surface area contributed by atoms with Gasteiger partial charge >= 0.3 is 12.0 Å². The second kappa shape index (κ2) is 5.56. The van der Waals surface area contributed by atoms with Gasteiger partial charge in [-0.2, -0.15) is 0 Å². The standard InChI is InChI=1S/C12H12BrFN2O3/c13-9-4-8(14)1-2-10(9)15-12(19)16-5-7(6-16)3-11(17)18/h1-2,4,7H,3,5-6H2,(H,15,19)(H,17,18). The molecular formula is C12H12BrFN2O3. The van der Waals surface area contributed by atoms with Crippen LogP contribution in [0.2, 0.25) is 0 Å². The van der Waals surface area contributed by atoms with Crippen molar-refractivity contribution in [2.45, 2.75) is 6.42 Å². The minimum Gasteiger partial charge on any atom is -0.481 e. The molecule has 0 bridgehead atoms. The molecule has 5 nitrogen and oxygen atoms in total. The third-order valence-electron chi connectivity index (χ3n) is 2.88. The lowest BCUT2D eigenvalue weighted by molar-refractivity contribution is -0.139. The van der Waals surface area contributed by atoms with Crippen LogP contribution in [0.4, 0.5) is 14.9 Å². The number of carboxylic acid groups (broad SMARTS) is 1. The van der Waals surface area contributed by atoms with Crippen molar-refractivity contribution in [1.29, 1.82) is 0 Å². The van der Waals surface area contributed by atoms with Crippen molar-refractivity contribution in [3.8, 4) is 0 Å². The smallest absolute Gasteiger partial charge is 0.321 e. The van der Waals surface area contributed by atoms with E-state index in [9.17, 15) is 14.0 Å². The number of likely N-dealkylation sites (tertiary alicyclic amines) is 1. The molecule has 0 atom stereocenters. The molecule has 2 rings (SSSR count). The maximum atomic E-state index is 12.9. The van der Waals surface area contributed by atoms with Gasteiger partial charge in [0, 0.05) is 23.5 Å². The number of rotatable bonds is 3. The second-order valence-corrected chi connectivity index (χ2v) is 5.28. The first-order valence-corrected chi connectivity index (χ1v) is 6.48. The van der Waals surface area contributed by atoms with Crippen molar-refractivity contribution in [3.05, 3.63) is 28.5 Å². The summed E-state index contributed by atoms with van der Waals surface area (Å²) in [7, 11) is 0. The Morgan fingerprint density at radius 3 is 2.74 bits per heavy atom. The molecule has 1 saturated heterocycles. The molecule has 1 aliphatic heterocycles. The van der Waals surface area contributed by atoms with E-state index in [1.165, 1.54) is 23.1 Å². The van der Waals surface area contributed by atoms with Crippen LogP contribution >= 0.6 is 15.9 Å². The van der Waals surface area contributed by atoms with Crippen LogP contribution in [-0.4, -0.2) is 35.1 Å². The van der Waals surface area contributed by atoms with E-state index in [4.69, 9.17) is 5.11 Å². The first-order valence-electron chi connectivity index (χ1n) is 5.68. The van der Waals surface area contributed by atoms with Gasteiger partial charge in [-0.25, -0.2) is 9.18 Å². The first-order chi connectivity index (χ1) is 8.95. The molecule has 1 aliphatic rings. The van der Waals surface area contributed by atoms with Crippen LogP contribution in [-0.2, 0) is 4.79 Å². The Hall–Kier alpha value is -1.63. The van der Waals surface area contributed by atoms with E-state index in [0.29, 0.717) is 23.2 Å². The Morgan fingerprint density at radius 2 is 2.16 bits per heavy atom. The number of urea groups is 1. The molecule has 1 heterocycles. The maximum Gasteiger partial charge on any atom is 0.321 e. The lowest BCUT2D eigenvalue weighted by Crippen LogP contribution is -2.52. The number of amides is 2. The van der Waals surface area contributed by atoms with E-state index in [0.717, 1.165) is 0 Å². The summed E-state index contributed by atoms with van der Waals surface area (Å²) in [5.74, 6) is -1.23. The Morgan fingerprint density at radius 1 is 1.47 bits per heavy atom. The van der Waals surface area contributed by atoms with Gasteiger partial charge in [0.2, 0.25) is 0 Å². The van der Waals surface area contributed by atoms with Crippen LogP contribution in [0.3, 0.4) is 0 Å². The van der Waals surface area contributed by atoms with Crippen molar-refractivity contribution in [1.82, 2.24) is 4.90 Å². The van der Waals surface area contributed by atoms with E-state index in [2.05, 4.69) is 21.2 Å². The fourth-order valence-corrected chi connectivity index (χ4v) is 2.35. The Bertz CT molecular complexity index is 518. The monoisotopic (exact) mass is 330 g/mol. The van der Waals surface area contributed by atoms with E-state index in [1.807, 2.05) is 0 Å². The largest absolute Gasteiger partial charge is 0.481 e. The van der Waals surface area contributed by atoms with E-state index in [1.54, 1.807) is 0 Å². The van der Waals surface area contributed by atoms with Crippen molar-refractivity contribution in [2.75, 3.05) is 18.4 Å². The molecule has 0 unspecified atom stereocenters. The maximum absolute atomic E-state index is 12.9. The average Bonchev–Trinajstić information content (AvgIpc) is 2.26. The van der Waals surface area contributed by atoms with Crippen LogP contribution in [0.5, 0.6) is 0 Å². The van der Waals surface area contributed by atoms with Crippen molar-refractivity contribution < 1.29 is 19.1 Å². The summed E-state index contributed by atoms with van der Waals surface area (Å²) in [4.78, 5) is 23.8. The topological polar surface area (TPSA) is 69.6 Å². The minimum absolute atomic E-state index is 0.0138. The van der Waals surface area contributed by atoms with Gasteiger partial charge in [-0.05, 0) is 34.1 Å². The Kier molecular flexibility index (Phi) is 4.04. The van der Waals surface area contributed by atoms with Crippen LogP contribution < -0.4 is 5.32 Å². The number of halogens is 2. The molecule has 0 radical (unpaired) electrons. The quantitative estimate of drug-likeness (QED) is 0.894. The summed E-state index contributed by atoms with van der Waals surface area (Å²) >= 11 is 3.16. The average molecular weight is 331 g/mol. The fraction of sp³-hybridized carbons (Fsp3) is 0.333. The summed E-state index contributed by atoms with van der Waals surface area (Å²) in [6.07, 6.45) is 0.0734. The third kappa shape index (κ3) is 3.44. The highest BCUT2D eigenvalue weighted by Crippen LogP contribution is 2.25. The zero-order chi connectivity index (χ0) is 14.0. The lowest BCUT2D eigenvalue weighted by Gasteiger charge is -2.38. The van der Waals surface area contributed by atoms with Crippen LogP contribution in [0.15, 0.2) is 22.7 Å². The van der Waals surface area contributed by atoms with Crippen LogP contribution in [0, 0.1) is 11.7 Å². The number of nitrogens with one attached hydrogen (secondary N) is 1. The van der Waals surface area contributed by atoms with Crippen molar-refractivity contribution in [2.24, 2.45) is 5.92 Å². The second-order valence-electron chi connectivity index (χ2n) is 4.42. The molecule has 0 spiro atoms. The molecule has 1 aromatic rings. The summed E-state index contributed by atoms with van der Waals surface area (Å²) < 4.78 is 13.3. The number of hydrogen-bond acceptors (Lipinski definition) is 2. The van der Waals surface area contributed by atoms with Gasteiger partial charge < -0.3 is 15.3 Å². The molecule has 1 aromatic carbocycles. The molecule has 0 aromatic heterocycles. The summed E-state index contributed by atoms with van der Waals surface area (Å²) in [6.45, 7) is 0.855. The number of anilines is 1. The van der Waals surface area contributed by atoms with Crippen molar-refractivity contribution >= 4 is 33.6 Å². The molecule has 7 heteroatoms. The molecule has 0 aliphatic carbocycles. The molecule has 19 heavy (non-hydrogen) atoms. The summed E-state index contributed by atoms with van der Waals surface area (Å²) in [5.41, 5.74) is 0.480. The van der Waals surface area contributed by atoms with Gasteiger partial charge in [-0.3, -0.25) is 4.79 Å². The zero-order valence-electron chi connectivity index (χ0n) is 9.90. The van der Waals surface area contributed by atoms with Gasteiger partial charge in [0.15, 0.2) is 0 Å². The van der Waals surface area contributed by atoms with Gasteiger partial charge in [0.05, 0.1) is 12.1 Å². The number of hydrogen-bond donors (Lipinski definition) is 2. The Labute approximate surface area is 117 Å². The molecule has 102 valence electrons. The predicted octanol–water partition coefficient (Wildman–Crippen LogP) is 2.53. The lowest BCUT2D eigenvalue weighted by atomic mass is 9.97. The third-order valence-corrected chi connectivity index (χ3v) is 3.54. The van der Waals surface area contributed by atoms with Crippen molar-refractivity contribution in [3.63, 3.8) is 0 Å². The summed E-state index contributed by atoms with van der Waals surface area (Å²) in [5, 5.41) is 11.2. The number of carbonyl (C=O) groups is 2. The zero-order valence-corrected chi connectivity index (χ0v) is 11.5. The minimum atomic E-state index is -0.855. The van der Waals surface area contributed by atoms with E-state index < -0.39 is 11.8 Å². The predicted molar refractivity (Wildman–Crippen MR) is 70.4 cm³/mol. The van der Waals surface area contributed by atoms with Crippen LogP contribution in [0.1, 0.15) is 6.42 Å². The highest BCUT2D eigenvalue weighted by Gasteiger charge is 2.32. The molecule has 0 saturated carbocycles. The number of carbonyl (C=O) groups excluding carboxylic acids is 1. The highest BCUT2D eigenvalue weighted by molar-refractivity contribution is 9.10. The van der Waals surface area contributed by atoms with Gasteiger partial charge in [-0.15, -0.1) is 0 Å². The molecular weight excluding hydrogens is 319 g/mol. The molecule has 2 amide bonds. The number of aliphatic carboxylic acids is 1.